The number of hydrogen-bond donors (Lipinski definition) is 2. The molecule has 0 aliphatic carbocycles. The van der Waals surface area contributed by atoms with Crippen LogP contribution in [0.4, 0.5) is 11.6 Å². The minimum absolute atomic E-state index is 0.0126. The van der Waals surface area contributed by atoms with E-state index in [4.69, 9.17) is 44.3 Å². The van der Waals surface area contributed by atoms with E-state index < -0.39 is 16.0 Å². The number of nitrogens with one attached hydrogen (secondary N) is 1. The van der Waals surface area contributed by atoms with E-state index in [0.29, 0.717) is 12.1 Å². The monoisotopic (exact) mass is 605 g/mol. The lowest BCUT2D eigenvalue weighted by Crippen LogP contribution is -2.50. The highest BCUT2D eigenvalue weighted by Crippen LogP contribution is 2.38. The number of carbonyl (C=O) groups is 1. The van der Waals surface area contributed by atoms with Crippen LogP contribution >= 0.6 is 34.8 Å². The molecule has 0 spiro atoms. The molecule has 2 aromatic carbocycles. The standard InChI is InChI=1S/C28H30Cl3N5O4/c29-28(30,31)26(38)34-22-8-6-21(7-9-22)25-39-23(16-24(40-25)20-4-2-19(18-37)3-5-20)17-35-12-14-36(15-13-35)27-32-10-1-11-33-27/h1-11,23-25,37H,12-18H2,(H,34,38)/t23-,24+,25+/m0/s1. The Balaban J connectivity index is 1.28. The van der Waals surface area contributed by atoms with Crippen LogP contribution in [0.3, 0.4) is 0 Å². The third-order valence-corrected chi connectivity index (χ3v) is 7.50. The Kier molecular flexibility index (Phi) is 9.42. The van der Waals surface area contributed by atoms with E-state index in [2.05, 4.69) is 25.1 Å². The Morgan fingerprint density at radius 1 is 0.950 bits per heavy atom. The fourth-order valence-corrected chi connectivity index (χ4v) is 4.97. The van der Waals surface area contributed by atoms with Crippen molar-refractivity contribution >= 4 is 52.3 Å². The summed E-state index contributed by atoms with van der Waals surface area (Å²) in [6.45, 7) is 4.16. The van der Waals surface area contributed by atoms with Gasteiger partial charge in [0.2, 0.25) is 5.95 Å². The number of alkyl halides is 3. The quantitative estimate of drug-likeness (QED) is 0.375. The normalized spacial score (nSPS) is 22.2. The number of rotatable bonds is 7. The first-order valence-electron chi connectivity index (χ1n) is 13.0. The van der Waals surface area contributed by atoms with E-state index in [1.54, 1.807) is 24.5 Å². The van der Waals surface area contributed by atoms with Crippen molar-refractivity contribution in [1.29, 1.82) is 0 Å². The van der Waals surface area contributed by atoms with Crippen LogP contribution in [0.15, 0.2) is 67.0 Å². The van der Waals surface area contributed by atoms with Gasteiger partial charge in [0.15, 0.2) is 6.29 Å². The maximum atomic E-state index is 12.0. The van der Waals surface area contributed by atoms with Crippen molar-refractivity contribution in [2.75, 3.05) is 42.9 Å². The van der Waals surface area contributed by atoms with Crippen molar-refractivity contribution in [2.45, 2.75) is 35.3 Å². The molecule has 0 bridgehead atoms. The Morgan fingerprint density at radius 3 is 2.23 bits per heavy atom. The SMILES string of the molecule is O=C(Nc1ccc([C@@H]2O[C@H](CN3CCN(c4ncccn4)CC3)C[C@H](c3ccc(CO)cc3)O2)cc1)C(Cl)(Cl)Cl. The number of amides is 1. The molecule has 3 aromatic rings. The maximum absolute atomic E-state index is 12.0. The number of carbonyl (C=O) groups excluding carboxylic acids is 1. The molecule has 0 saturated carbocycles. The highest BCUT2D eigenvalue weighted by molar-refractivity contribution is 6.76. The predicted octanol–water partition coefficient (Wildman–Crippen LogP) is 4.65. The molecule has 9 nitrogen and oxygen atoms in total. The van der Waals surface area contributed by atoms with E-state index in [9.17, 15) is 9.90 Å². The van der Waals surface area contributed by atoms with Gasteiger partial charge >= 0.3 is 0 Å². The van der Waals surface area contributed by atoms with Crippen molar-refractivity contribution in [1.82, 2.24) is 14.9 Å². The van der Waals surface area contributed by atoms with Crippen LogP contribution in [0.5, 0.6) is 0 Å². The molecule has 0 unspecified atom stereocenters. The van der Waals surface area contributed by atoms with Crippen molar-refractivity contribution in [3.8, 4) is 0 Å². The summed E-state index contributed by atoms with van der Waals surface area (Å²) >= 11 is 17.0. The van der Waals surface area contributed by atoms with E-state index in [1.165, 1.54) is 0 Å². The number of ether oxygens (including phenoxy) is 2. The van der Waals surface area contributed by atoms with Crippen molar-refractivity contribution < 1.29 is 19.4 Å². The Morgan fingerprint density at radius 2 is 1.60 bits per heavy atom. The summed E-state index contributed by atoms with van der Waals surface area (Å²) in [5.41, 5.74) is 3.16. The lowest BCUT2D eigenvalue weighted by atomic mass is 9.99. The molecular weight excluding hydrogens is 577 g/mol. The van der Waals surface area contributed by atoms with Gasteiger partial charge in [0, 0.05) is 62.8 Å². The third kappa shape index (κ3) is 7.41. The van der Waals surface area contributed by atoms with Crippen LogP contribution in [-0.4, -0.2) is 68.5 Å². The van der Waals surface area contributed by atoms with E-state index in [0.717, 1.165) is 55.4 Å². The molecule has 2 saturated heterocycles. The molecule has 2 fully saturated rings. The van der Waals surface area contributed by atoms with Crippen LogP contribution in [0, 0.1) is 0 Å². The first-order chi connectivity index (χ1) is 19.3. The highest BCUT2D eigenvalue weighted by Gasteiger charge is 2.34. The molecular formula is C28H30Cl3N5O4. The van der Waals surface area contributed by atoms with Gasteiger partial charge in [0.25, 0.3) is 9.70 Å². The van der Waals surface area contributed by atoms with E-state index >= 15 is 0 Å². The zero-order valence-electron chi connectivity index (χ0n) is 21.6. The number of anilines is 2. The second-order valence-electron chi connectivity index (χ2n) is 9.76. The highest BCUT2D eigenvalue weighted by atomic mass is 35.6. The van der Waals surface area contributed by atoms with Crippen LogP contribution in [0.1, 0.15) is 35.5 Å². The topological polar surface area (TPSA) is 100 Å². The third-order valence-electron chi connectivity index (χ3n) is 6.98. The molecule has 0 radical (unpaired) electrons. The minimum Gasteiger partial charge on any atom is -0.392 e. The van der Waals surface area contributed by atoms with Crippen molar-refractivity contribution in [2.24, 2.45) is 0 Å². The van der Waals surface area contributed by atoms with Gasteiger partial charge in [-0.2, -0.15) is 0 Å². The maximum Gasteiger partial charge on any atom is 0.276 e. The van der Waals surface area contributed by atoms with E-state index in [1.807, 2.05) is 42.5 Å². The Bertz CT molecular complexity index is 1250. The van der Waals surface area contributed by atoms with Gasteiger partial charge in [-0.05, 0) is 29.3 Å². The second kappa shape index (κ2) is 13.0. The number of aromatic nitrogens is 2. The number of piperazine rings is 1. The van der Waals surface area contributed by atoms with Gasteiger partial charge in [-0.3, -0.25) is 9.69 Å². The fourth-order valence-electron chi connectivity index (χ4n) is 4.83. The average molecular weight is 607 g/mol. The number of nitrogens with zero attached hydrogens (tertiary/aromatic N) is 4. The smallest absolute Gasteiger partial charge is 0.276 e. The molecule has 12 heteroatoms. The van der Waals surface area contributed by atoms with Gasteiger partial charge in [0.05, 0.1) is 18.8 Å². The lowest BCUT2D eigenvalue weighted by molar-refractivity contribution is -0.253. The van der Waals surface area contributed by atoms with Gasteiger partial charge < -0.3 is 24.8 Å². The predicted molar refractivity (Wildman–Crippen MR) is 154 cm³/mol. The summed E-state index contributed by atoms with van der Waals surface area (Å²) in [6, 6.07) is 16.7. The van der Waals surface area contributed by atoms with Gasteiger partial charge in [-0.15, -0.1) is 0 Å². The molecule has 1 aromatic heterocycles. The number of hydrogen-bond acceptors (Lipinski definition) is 8. The van der Waals surface area contributed by atoms with Crippen LogP contribution in [0.2, 0.25) is 0 Å². The number of benzene rings is 2. The van der Waals surface area contributed by atoms with Crippen molar-refractivity contribution in [3.63, 3.8) is 0 Å². The van der Waals surface area contributed by atoms with E-state index in [-0.39, 0.29) is 18.8 Å². The summed E-state index contributed by atoms with van der Waals surface area (Å²) in [5.74, 6) is 0.0187. The molecule has 5 rings (SSSR count). The second-order valence-corrected chi connectivity index (χ2v) is 12.0. The fraction of sp³-hybridized carbons (Fsp3) is 0.393. The molecule has 1 amide bonds. The molecule has 3 atom stereocenters. The lowest BCUT2D eigenvalue weighted by Gasteiger charge is -2.40. The largest absolute Gasteiger partial charge is 0.392 e. The van der Waals surface area contributed by atoms with Gasteiger partial charge in [-0.1, -0.05) is 71.2 Å². The summed E-state index contributed by atoms with van der Waals surface area (Å²) in [4.78, 5) is 25.3. The number of aliphatic hydroxyl groups is 1. The summed E-state index contributed by atoms with van der Waals surface area (Å²) in [5, 5.41) is 12.0. The van der Waals surface area contributed by atoms with Crippen molar-refractivity contribution in [3.05, 3.63) is 83.7 Å². The molecule has 3 heterocycles. The molecule has 212 valence electrons. The van der Waals surface area contributed by atoms with Crippen LogP contribution in [-0.2, 0) is 20.9 Å². The summed E-state index contributed by atoms with van der Waals surface area (Å²) in [6.07, 6.45) is 3.33. The number of halogens is 3. The number of aliphatic hydroxyl groups excluding tert-OH is 1. The molecule has 2 N–H and O–H groups in total. The zero-order valence-corrected chi connectivity index (χ0v) is 23.9. The Hall–Kier alpha value is -2.50. The molecule has 40 heavy (non-hydrogen) atoms. The van der Waals surface area contributed by atoms with Gasteiger partial charge in [-0.25, -0.2) is 9.97 Å². The minimum atomic E-state index is -2.06. The Labute approximate surface area is 248 Å². The zero-order chi connectivity index (χ0) is 28.1. The molecule has 2 aliphatic heterocycles. The average Bonchev–Trinajstić information content (AvgIpc) is 2.98. The first kappa shape index (κ1) is 29.0. The van der Waals surface area contributed by atoms with Gasteiger partial charge in [0.1, 0.15) is 0 Å². The first-order valence-corrected chi connectivity index (χ1v) is 14.1. The summed E-state index contributed by atoms with van der Waals surface area (Å²) in [7, 11) is 0. The molecule has 2 aliphatic rings. The van der Waals surface area contributed by atoms with Crippen LogP contribution in [0.25, 0.3) is 0 Å². The summed E-state index contributed by atoms with van der Waals surface area (Å²) < 4.78 is 10.8. The van der Waals surface area contributed by atoms with Crippen LogP contribution < -0.4 is 10.2 Å².